The van der Waals surface area contributed by atoms with Crippen molar-refractivity contribution in [1.82, 2.24) is 0 Å². The van der Waals surface area contributed by atoms with E-state index in [-0.39, 0.29) is 5.60 Å². The van der Waals surface area contributed by atoms with Gasteiger partial charge in [-0.2, -0.15) is 0 Å². The fourth-order valence-electron chi connectivity index (χ4n) is 2.10. The minimum atomic E-state index is -0.0147. The Hall–Kier alpha value is -0.0800. The van der Waals surface area contributed by atoms with E-state index in [4.69, 9.17) is 4.74 Å². The molecule has 1 aliphatic rings. The van der Waals surface area contributed by atoms with Crippen LogP contribution in [0.5, 0.6) is 0 Å². The molecular weight excluding hydrogens is 264 g/mol. The lowest BCUT2D eigenvalue weighted by molar-refractivity contribution is -0.136. The summed E-state index contributed by atoms with van der Waals surface area (Å²) < 4.78 is 6.26. The lowest BCUT2D eigenvalue weighted by Gasteiger charge is -2.43. The molecule has 0 bridgehead atoms. The van der Waals surface area contributed by atoms with E-state index in [1.165, 1.54) is 6.42 Å². The molecule has 2 heteroatoms. The maximum absolute atomic E-state index is 6.26. The zero-order chi connectivity index (χ0) is 12.2. The van der Waals surface area contributed by atoms with Gasteiger partial charge in [0, 0.05) is 4.83 Å². The second-order valence-electron chi connectivity index (χ2n) is 5.00. The van der Waals surface area contributed by atoms with Crippen molar-refractivity contribution >= 4 is 15.9 Å². The standard InChI is InChI=1S/C14H23BrO/c1-5-6-7-8-13-11(2)9-10-14(4,16-13)12(3)15/h5-7,11-13H,1,8-10H2,2-4H3/b7-6+/t11-,12-,13-,14+/m1/s1. The van der Waals surface area contributed by atoms with Crippen LogP contribution in [0, 0.1) is 5.92 Å². The monoisotopic (exact) mass is 286 g/mol. The Balaban J connectivity index is 2.61. The van der Waals surface area contributed by atoms with Gasteiger partial charge in [0.05, 0.1) is 11.7 Å². The Labute approximate surface area is 108 Å². The first-order valence-electron chi connectivity index (χ1n) is 6.09. The van der Waals surface area contributed by atoms with Crippen LogP contribution in [0.4, 0.5) is 0 Å². The number of allylic oxidation sites excluding steroid dienone is 2. The molecule has 0 aliphatic carbocycles. The zero-order valence-corrected chi connectivity index (χ0v) is 12.2. The van der Waals surface area contributed by atoms with Gasteiger partial charge in [-0.1, -0.05) is 47.7 Å². The van der Waals surface area contributed by atoms with Crippen LogP contribution in [0.2, 0.25) is 0 Å². The Morgan fingerprint density at radius 2 is 2.31 bits per heavy atom. The Kier molecular flexibility index (Phi) is 5.26. The molecule has 0 saturated carbocycles. The first kappa shape index (κ1) is 14.0. The summed E-state index contributed by atoms with van der Waals surface area (Å²) >= 11 is 3.66. The first-order chi connectivity index (χ1) is 7.49. The lowest BCUT2D eigenvalue weighted by atomic mass is 9.84. The Morgan fingerprint density at radius 1 is 1.62 bits per heavy atom. The molecule has 1 nitrogen and oxygen atoms in total. The van der Waals surface area contributed by atoms with E-state index in [9.17, 15) is 0 Å². The van der Waals surface area contributed by atoms with E-state index in [0.29, 0.717) is 16.8 Å². The molecule has 1 saturated heterocycles. The zero-order valence-electron chi connectivity index (χ0n) is 10.6. The van der Waals surface area contributed by atoms with Gasteiger partial charge in [-0.15, -0.1) is 0 Å². The molecule has 0 N–H and O–H groups in total. The molecule has 0 aromatic rings. The van der Waals surface area contributed by atoms with Crippen molar-refractivity contribution < 1.29 is 4.74 Å². The minimum Gasteiger partial charge on any atom is -0.370 e. The summed E-state index contributed by atoms with van der Waals surface area (Å²) in [6.45, 7) is 10.4. The van der Waals surface area contributed by atoms with Gasteiger partial charge in [-0.3, -0.25) is 0 Å². The fraction of sp³-hybridized carbons (Fsp3) is 0.714. The number of rotatable bonds is 4. The van der Waals surface area contributed by atoms with Crippen molar-refractivity contribution in [3.8, 4) is 0 Å². The average molecular weight is 287 g/mol. The number of ether oxygens (including phenoxy) is 1. The van der Waals surface area contributed by atoms with Gasteiger partial charge in [0.25, 0.3) is 0 Å². The quantitative estimate of drug-likeness (QED) is 0.547. The van der Waals surface area contributed by atoms with Crippen LogP contribution < -0.4 is 0 Å². The number of alkyl halides is 1. The van der Waals surface area contributed by atoms with E-state index in [0.717, 1.165) is 12.8 Å². The Morgan fingerprint density at radius 3 is 2.88 bits per heavy atom. The van der Waals surface area contributed by atoms with Crippen LogP contribution >= 0.6 is 15.9 Å². The summed E-state index contributed by atoms with van der Waals surface area (Å²) in [5.41, 5.74) is -0.0147. The molecule has 92 valence electrons. The largest absolute Gasteiger partial charge is 0.370 e. The summed E-state index contributed by atoms with van der Waals surface area (Å²) in [6.07, 6.45) is 9.69. The summed E-state index contributed by atoms with van der Waals surface area (Å²) in [6, 6.07) is 0. The third kappa shape index (κ3) is 3.46. The van der Waals surface area contributed by atoms with Crippen LogP contribution in [0.3, 0.4) is 0 Å². The van der Waals surface area contributed by atoms with Gasteiger partial charge in [-0.25, -0.2) is 0 Å². The maximum Gasteiger partial charge on any atom is 0.0780 e. The predicted molar refractivity (Wildman–Crippen MR) is 74.0 cm³/mol. The second kappa shape index (κ2) is 6.02. The van der Waals surface area contributed by atoms with Crippen LogP contribution in [0.1, 0.15) is 40.0 Å². The average Bonchev–Trinajstić information content (AvgIpc) is 2.23. The summed E-state index contributed by atoms with van der Waals surface area (Å²) in [5.74, 6) is 0.647. The van der Waals surface area contributed by atoms with Crippen LogP contribution in [0.15, 0.2) is 24.8 Å². The van der Waals surface area contributed by atoms with E-state index < -0.39 is 0 Å². The minimum absolute atomic E-state index is 0.0147. The van der Waals surface area contributed by atoms with E-state index in [1.54, 1.807) is 0 Å². The predicted octanol–water partition coefficient (Wildman–Crippen LogP) is 4.48. The van der Waals surface area contributed by atoms with Crippen molar-refractivity contribution in [2.75, 3.05) is 0 Å². The normalized spacial score (nSPS) is 37.5. The van der Waals surface area contributed by atoms with E-state index in [2.05, 4.69) is 49.4 Å². The molecular formula is C14H23BrO. The summed E-state index contributed by atoms with van der Waals surface area (Å²) in [7, 11) is 0. The molecule has 1 rings (SSSR count). The van der Waals surface area contributed by atoms with Gasteiger partial charge in [0.2, 0.25) is 0 Å². The number of hydrogen-bond acceptors (Lipinski definition) is 1. The maximum atomic E-state index is 6.26. The van der Waals surface area contributed by atoms with E-state index >= 15 is 0 Å². The summed E-state index contributed by atoms with van der Waals surface area (Å²) in [5, 5.41) is 0. The van der Waals surface area contributed by atoms with Crippen LogP contribution in [-0.2, 0) is 4.74 Å². The second-order valence-corrected chi connectivity index (χ2v) is 6.37. The van der Waals surface area contributed by atoms with Crippen molar-refractivity contribution in [2.24, 2.45) is 5.92 Å². The molecule has 0 spiro atoms. The topological polar surface area (TPSA) is 9.23 Å². The number of halogens is 1. The molecule has 0 aromatic carbocycles. The first-order valence-corrected chi connectivity index (χ1v) is 7.00. The summed E-state index contributed by atoms with van der Waals surface area (Å²) in [4.78, 5) is 0.401. The molecule has 0 radical (unpaired) electrons. The molecule has 16 heavy (non-hydrogen) atoms. The van der Waals surface area contributed by atoms with Gasteiger partial charge in [-0.05, 0) is 39.0 Å². The van der Waals surface area contributed by atoms with Crippen molar-refractivity contribution in [2.45, 2.75) is 56.6 Å². The molecule has 1 fully saturated rings. The van der Waals surface area contributed by atoms with Gasteiger partial charge >= 0.3 is 0 Å². The van der Waals surface area contributed by atoms with E-state index in [1.807, 2.05) is 12.2 Å². The molecule has 0 aromatic heterocycles. The lowest BCUT2D eigenvalue weighted by Crippen LogP contribution is -2.46. The smallest absolute Gasteiger partial charge is 0.0780 e. The molecule has 1 heterocycles. The van der Waals surface area contributed by atoms with Crippen LogP contribution in [-0.4, -0.2) is 16.5 Å². The van der Waals surface area contributed by atoms with Gasteiger partial charge < -0.3 is 4.74 Å². The van der Waals surface area contributed by atoms with Crippen molar-refractivity contribution in [3.63, 3.8) is 0 Å². The fourth-order valence-corrected chi connectivity index (χ4v) is 2.44. The highest BCUT2D eigenvalue weighted by molar-refractivity contribution is 9.09. The highest BCUT2D eigenvalue weighted by Crippen LogP contribution is 2.38. The van der Waals surface area contributed by atoms with Gasteiger partial charge in [0.1, 0.15) is 0 Å². The molecule has 0 unspecified atom stereocenters. The van der Waals surface area contributed by atoms with Crippen LogP contribution in [0.25, 0.3) is 0 Å². The number of hydrogen-bond donors (Lipinski definition) is 0. The SMILES string of the molecule is C=C/C=C/C[C@H]1O[C@](C)([C@@H](C)Br)CC[C@H]1C. The highest BCUT2D eigenvalue weighted by Gasteiger charge is 2.39. The Bertz CT molecular complexity index is 259. The van der Waals surface area contributed by atoms with Crippen molar-refractivity contribution in [1.29, 1.82) is 0 Å². The highest BCUT2D eigenvalue weighted by atomic mass is 79.9. The van der Waals surface area contributed by atoms with Gasteiger partial charge in [0.15, 0.2) is 0 Å². The molecule has 1 aliphatic heterocycles. The third-order valence-corrected chi connectivity index (χ3v) is 4.60. The van der Waals surface area contributed by atoms with Crippen molar-refractivity contribution in [3.05, 3.63) is 24.8 Å². The molecule has 0 amide bonds. The third-order valence-electron chi connectivity index (χ3n) is 3.63. The molecule has 4 atom stereocenters.